The number of carbonyl (C=O) groups excluding carboxylic acids is 3. The van der Waals surface area contributed by atoms with Crippen LogP contribution in [0.4, 0.5) is 17.6 Å². The molecule has 4 rings (SSSR count). The van der Waals surface area contributed by atoms with E-state index in [1.165, 1.54) is 17.0 Å². The van der Waals surface area contributed by atoms with Gasteiger partial charge in [-0.15, -0.1) is 0 Å². The first kappa shape index (κ1) is 30.0. The van der Waals surface area contributed by atoms with Crippen LogP contribution in [0.2, 0.25) is 0 Å². The number of carbonyl (C=O) groups is 4. The van der Waals surface area contributed by atoms with Gasteiger partial charge in [-0.1, -0.05) is 26.0 Å². The van der Waals surface area contributed by atoms with E-state index in [1.54, 1.807) is 37.9 Å². The van der Waals surface area contributed by atoms with E-state index in [0.29, 0.717) is 37.6 Å². The monoisotopic (exact) mass is 577 g/mol. The Balaban J connectivity index is 1.50. The second-order valence-electron chi connectivity index (χ2n) is 11.0. The first-order chi connectivity index (χ1) is 19.2. The molecule has 0 saturated carbocycles. The van der Waals surface area contributed by atoms with E-state index in [1.807, 2.05) is 0 Å². The molecule has 12 heteroatoms. The van der Waals surface area contributed by atoms with Gasteiger partial charge in [0.1, 0.15) is 11.9 Å². The van der Waals surface area contributed by atoms with Crippen LogP contribution in [0.5, 0.6) is 0 Å². The van der Waals surface area contributed by atoms with Gasteiger partial charge in [-0.05, 0) is 54.7 Å². The Morgan fingerprint density at radius 1 is 1.05 bits per heavy atom. The van der Waals surface area contributed by atoms with E-state index in [9.17, 15) is 41.8 Å². The molecular weight excluding hydrogens is 546 g/mol. The zero-order valence-electron chi connectivity index (χ0n) is 22.8. The molecule has 2 aliphatic heterocycles. The van der Waals surface area contributed by atoms with Crippen LogP contribution < -0.4 is 5.32 Å². The quantitative estimate of drug-likeness (QED) is 0.502. The Bertz CT molecular complexity index is 1350. The summed E-state index contributed by atoms with van der Waals surface area (Å²) in [6.07, 6.45) is -4.12. The molecule has 2 atom stereocenters. The Labute approximate surface area is 234 Å². The zero-order chi connectivity index (χ0) is 30.3. The molecule has 2 heterocycles. The summed E-state index contributed by atoms with van der Waals surface area (Å²) in [5.74, 6) is -4.55. The Morgan fingerprint density at radius 3 is 2.20 bits per heavy atom. The lowest BCUT2D eigenvalue weighted by Crippen LogP contribution is -2.55. The number of hydrogen-bond acceptors (Lipinski definition) is 4. The topological polar surface area (TPSA) is 107 Å². The van der Waals surface area contributed by atoms with Gasteiger partial charge in [-0.2, -0.15) is 13.2 Å². The SMILES string of the molecule is CC(C)[C@@H](NC(=O)c1cc(C(F)(F)F)ccc1F)C(=O)N1CCC2(CC1)C(=O)N(C)CC2c1ccc(C(=O)O)cc1. The van der Waals surface area contributed by atoms with Crippen LogP contribution in [0.25, 0.3) is 0 Å². The standard InChI is InChI=1S/C29H31F4N3O5/c1-16(2)23(34-24(37)20-14-19(29(31,32)33)8-9-22(20)30)25(38)36-12-10-28(11-13-36)21(15-35(3)27(28)41)17-4-6-18(7-5-17)26(39)40/h4-9,14,16,21,23H,10-13,15H2,1-3H3,(H,34,37)(H,39,40)/t21?,23-/m1/s1. The van der Waals surface area contributed by atoms with E-state index in [4.69, 9.17) is 0 Å². The number of likely N-dealkylation sites (N-methyl/N-ethyl adjacent to an activating group) is 1. The van der Waals surface area contributed by atoms with Gasteiger partial charge in [0.2, 0.25) is 11.8 Å². The highest BCUT2D eigenvalue weighted by Crippen LogP contribution is 2.50. The lowest BCUT2D eigenvalue weighted by molar-refractivity contribution is -0.143. The molecule has 8 nitrogen and oxygen atoms in total. The fraction of sp³-hybridized carbons (Fsp3) is 0.448. The third-order valence-electron chi connectivity index (χ3n) is 8.18. The van der Waals surface area contributed by atoms with E-state index < -0.39 is 58.3 Å². The van der Waals surface area contributed by atoms with Crippen molar-refractivity contribution in [2.45, 2.75) is 44.8 Å². The third kappa shape index (κ3) is 5.77. The largest absolute Gasteiger partial charge is 0.478 e. The number of piperidine rings is 1. The normalized spacial score (nSPS) is 19.5. The summed E-state index contributed by atoms with van der Waals surface area (Å²) in [6.45, 7) is 4.14. The van der Waals surface area contributed by atoms with Crippen molar-refractivity contribution in [2.75, 3.05) is 26.7 Å². The van der Waals surface area contributed by atoms with Crippen LogP contribution in [0.1, 0.15) is 64.4 Å². The summed E-state index contributed by atoms with van der Waals surface area (Å²) in [4.78, 5) is 54.1. The Kier molecular flexibility index (Phi) is 8.15. The molecule has 0 bridgehead atoms. The minimum Gasteiger partial charge on any atom is -0.478 e. The van der Waals surface area contributed by atoms with Crippen LogP contribution in [-0.4, -0.2) is 71.3 Å². The number of aromatic carboxylic acids is 1. The molecule has 3 amide bonds. The van der Waals surface area contributed by atoms with E-state index in [0.717, 1.165) is 5.56 Å². The number of alkyl halides is 3. The van der Waals surface area contributed by atoms with Crippen LogP contribution in [0.3, 0.4) is 0 Å². The van der Waals surface area contributed by atoms with Crippen LogP contribution in [-0.2, 0) is 15.8 Å². The maximum atomic E-state index is 14.3. The summed E-state index contributed by atoms with van der Waals surface area (Å²) in [6, 6.07) is 6.79. The second kappa shape index (κ2) is 11.1. The molecule has 0 aliphatic carbocycles. The van der Waals surface area contributed by atoms with Crippen molar-refractivity contribution < 1.29 is 41.8 Å². The number of nitrogens with one attached hydrogen (secondary N) is 1. The number of likely N-dealkylation sites (tertiary alicyclic amines) is 2. The lowest BCUT2D eigenvalue weighted by Gasteiger charge is -2.42. The van der Waals surface area contributed by atoms with E-state index in [2.05, 4.69) is 5.32 Å². The van der Waals surface area contributed by atoms with Gasteiger partial charge in [0.15, 0.2) is 0 Å². The number of carboxylic acids is 1. The average Bonchev–Trinajstić information content (AvgIpc) is 3.16. The molecule has 0 radical (unpaired) electrons. The maximum Gasteiger partial charge on any atom is 0.416 e. The number of halogens is 4. The molecule has 2 fully saturated rings. The number of hydrogen-bond donors (Lipinski definition) is 2. The minimum absolute atomic E-state index is 0.0642. The molecule has 41 heavy (non-hydrogen) atoms. The molecule has 0 aromatic heterocycles. The predicted octanol–water partition coefficient (Wildman–Crippen LogP) is 4.16. The lowest BCUT2D eigenvalue weighted by atomic mass is 9.67. The Morgan fingerprint density at radius 2 is 1.66 bits per heavy atom. The van der Waals surface area contributed by atoms with Crippen molar-refractivity contribution >= 4 is 23.7 Å². The summed E-state index contributed by atoms with van der Waals surface area (Å²) in [5, 5.41) is 11.6. The van der Waals surface area contributed by atoms with Crippen LogP contribution in [0.15, 0.2) is 42.5 Å². The molecule has 2 aliphatic rings. The maximum absolute atomic E-state index is 14.3. The summed E-state index contributed by atoms with van der Waals surface area (Å²) in [5.41, 5.74) is -1.84. The number of nitrogens with zero attached hydrogens (tertiary/aromatic N) is 2. The van der Waals surface area contributed by atoms with Crippen LogP contribution >= 0.6 is 0 Å². The third-order valence-corrected chi connectivity index (χ3v) is 8.18. The Hall–Kier alpha value is -3.96. The van der Waals surface area contributed by atoms with Crippen molar-refractivity contribution in [3.05, 3.63) is 70.5 Å². The highest BCUT2D eigenvalue weighted by atomic mass is 19.4. The van der Waals surface area contributed by atoms with Crippen molar-refractivity contribution in [1.29, 1.82) is 0 Å². The van der Waals surface area contributed by atoms with Gasteiger partial charge in [-0.25, -0.2) is 9.18 Å². The molecule has 1 spiro atoms. The van der Waals surface area contributed by atoms with Gasteiger partial charge < -0.3 is 20.2 Å². The second-order valence-corrected chi connectivity index (χ2v) is 11.0. The molecule has 2 aromatic rings. The first-order valence-electron chi connectivity index (χ1n) is 13.2. The number of amides is 3. The highest BCUT2D eigenvalue weighted by molar-refractivity contribution is 5.98. The van der Waals surface area contributed by atoms with Crippen molar-refractivity contribution in [3.63, 3.8) is 0 Å². The van der Waals surface area contributed by atoms with E-state index in [-0.39, 0.29) is 30.5 Å². The molecular formula is C29H31F4N3O5. The van der Waals surface area contributed by atoms with Gasteiger partial charge in [-0.3, -0.25) is 14.4 Å². The van der Waals surface area contributed by atoms with E-state index >= 15 is 0 Å². The summed E-state index contributed by atoms with van der Waals surface area (Å²) < 4.78 is 53.7. The molecule has 220 valence electrons. The predicted molar refractivity (Wildman–Crippen MR) is 140 cm³/mol. The number of rotatable bonds is 6. The van der Waals surface area contributed by atoms with Gasteiger partial charge in [0.25, 0.3) is 5.91 Å². The highest BCUT2D eigenvalue weighted by Gasteiger charge is 2.55. The minimum atomic E-state index is -4.78. The molecule has 2 aromatic carbocycles. The molecule has 2 saturated heterocycles. The molecule has 2 N–H and O–H groups in total. The number of carboxylic acid groups (broad SMARTS) is 1. The smallest absolute Gasteiger partial charge is 0.416 e. The zero-order valence-corrected chi connectivity index (χ0v) is 22.8. The fourth-order valence-electron chi connectivity index (χ4n) is 5.84. The number of benzene rings is 2. The van der Waals surface area contributed by atoms with Gasteiger partial charge >= 0.3 is 12.1 Å². The van der Waals surface area contributed by atoms with Crippen molar-refractivity contribution in [3.8, 4) is 0 Å². The van der Waals surface area contributed by atoms with Crippen LogP contribution in [0, 0.1) is 17.2 Å². The first-order valence-corrected chi connectivity index (χ1v) is 13.2. The average molecular weight is 578 g/mol. The van der Waals surface area contributed by atoms with Gasteiger partial charge in [0.05, 0.1) is 22.1 Å². The van der Waals surface area contributed by atoms with Gasteiger partial charge in [0, 0.05) is 32.6 Å². The fourth-order valence-corrected chi connectivity index (χ4v) is 5.84. The summed E-state index contributed by atoms with van der Waals surface area (Å²) >= 11 is 0. The van der Waals surface area contributed by atoms with Crippen molar-refractivity contribution in [1.82, 2.24) is 15.1 Å². The van der Waals surface area contributed by atoms with Crippen molar-refractivity contribution in [2.24, 2.45) is 11.3 Å². The summed E-state index contributed by atoms with van der Waals surface area (Å²) in [7, 11) is 1.70. The molecule has 1 unspecified atom stereocenters.